The number of hydrogen-bond donors (Lipinski definition) is 2. The summed E-state index contributed by atoms with van der Waals surface area (Å²) in [6.07, 6.45) is 11.8. The molecule has 0 aliphatic heterocycles. The fraction of sp³-hybridized carbons (Fsp3) is 0.867. The van der Waals surface area contributed by atoms with Gasteiger partial charge in [0.1, 0.15) is 0 Å². The van der Waals surface area contributed by atoms with E-state index in [9.17, 15) is 4.79 Å². The number of amides is 1. The largest absolute Gasteiger partial charge is 0.362 e. The highest BCUT2D eigenvalue weighted by atomic mass is 32.1. The molecular formula is C15H28N2OS. The summed E-state index contributed by atoms with van der Waals surface area (Å²) in [6.45, 7) is 3.08. The first kappa shape index (κ1) is 16.4. The van der Waals surface area contributed by atoms with E-state index in [0.717, 1.165) is 13.0 Å². The zero-order valence-electron chi connectivity index (χ0n) is 12.2. The fourth-order valence-electron chi connectivity index (χ4n) is 2.63. The minimum Gasteiger partial charge on any atom is -0.362 e. The van der Waals surface area contributed by atoms with Gasteiger partial charge in [0.2, 0.25) is 5.91 Å². The minimum absolute atomic E-state index is 0.0791. The number of hydrogen-bond acceptors (Lipinski definition) is 2. The van der Waals surface area contributed by atoms with Gasteiger partial charge < -0.3 is 10.6 Å². The van der Waals surface area contributed by atoms with E-state index in [2.05, 4.69) is 17.6 Å². The van der Waals surface area contributed by atoms with Crippen LogP contribution in [0, 0.1) is 5.92 Å². The first-order valence-electron chi connectivity index (χ1n) is 7.80. The van der Waals surface area contributed by atoms with Crippen molar-refractivity contribution in [3.05, 3.63) is 0 Å². The van der Waals surface area contributed by atoms with Crippen molar-refractivity contribution in [1.29, 1.82) is 0 Å². The Morgan fingerprint density at radius 1 is 1.16 bits per heavy atom. The van der Waals surface area contributed by atoms with Crippen LogP contribution in [0.25, 0.3) is 0 Å². The van der Waals surface area contributed by atoms with Crippen molar-refractivity contribution in [2.75, 3.05) is 6.54 Å². The minimum atomic E-state index is 0.0791. The monoisotopic (exact) mass is 284 g/mol. The highest BCUT2D eigenvalue weighted by molar-refractivity contribution is 7.80. The standard InChI is InChI=1S/C15H28N2OS/c1-2-3-4-5-8-11-16-15(19)17-14(18)12-13-9-6-7-10-13/h13H,2-12H2,1H3,(H2,16,17,18,19). The number of carbonyl (C=O) groups excluding carboxylic acids is 1. The Hall–Kier alpha value is -0.640. The molecule has 4 heteroatoms. The van der Waals surface area contributed by atoms with Crippen LogP contribution in [0.3, 0.4) is 0 Å². The Kier molecular flexibility index (Phi) is 8.80. The van der Waals surface area contributed by atoms with Gasteiger partial charge in [-0.05, 0) is 37.4 Å². The maximum atomic E-state index is 11.7. The molecule has 1 rings (SSSR count). The Balaban J connectivity index is 1.98. The summed E-state index contributed by atoms with van der Waals surface area (Å²) in [6, 6.07) is 0. The summed E-state index contributed by atoms with van der Waals surface area (Å²) < 4.78 is 0. The summed E-state index contributed by atoms with van der Waals surface area (Å²) in [5.41, 5.74) is 0. The summed E-state index contributed by atoms with van der Waals surface area (Å²) in [5, 5.41) is 6.40. The van der Waals surface area contributed by atoms with E-state index in [4.69, 9.17) is 12.2 Å². The van der Waals surface area contributed by atoms with Crippen LogP contribution in [-0.2, 0) is 4.79 Å². The van der Waals surface area contributed by atoms with E-state index in [-0.39, 0.29) is 5.91 Å². The van der Waals surface area contributed by atoms with E-state index in [1.54, 1.807) is 0 Å². The van der Waals surface area contributed by atoms with Crippen molar-refractivity contribution in [3.8, 4) is 0 Å². The highest BCUT2D eigenvalue weighted by Gasteiger charge is 2.18. The van der Waals surface area contributed by atoms with Crippen LogP contribution >= 0.6 is 12.2 Å². The SMILES string of the molecule is CCCCCCCNC(=S)NC(=O)CC1CCCC1. The lowest BCUT2D eigenvalue weighted by atomic mass is 10.0. The van der Waals surface area contributed by atoms with Crippen LogP contribution in [0.15, 0.2) is 0 Å². The van der Waals surface area contributed by atoms with Gasteiger partial charge in [0.25, 0.3) is 0 Å². The first-order chi connectivity index (χ1) is 9.22. The normalized spacial score (nSPS) is 15.4. The predicted molar refractivity (Wildman–Crippen MR) is 84.1 cm³/mol. The number of thiocarbonyl (C=S) groups is 1. The summed E-state index contributed by atoms with van der Waals surface area (Å²) >= 11 is 5.13. The van der Waals surface area contributed by atoms with Gasteiger partial charge in [0.15, 0.2) is 5.11 Å². The third-order valence-corrected chi connectivity index (χ3v) is 4.01. The molecule has 0 aromatic carbocycles. The van der Waals surface area contributed by atoms with Crippen molar-refractivity contribution < 1.29 is 4.79 Å². The van der Waals surface area contributed by atoms with Crippen molar-refractivity contribution >= 4 is 23.2 Å². The highest BCUT2D eigenvalue weighted by Crippen LogP contribution is 2.27. The van der Waals surface area contributed by atoms with Crippen LogP contribution < -0.4 is 10.6 Å². The van der Waals surface area contributed by atoms with Gasteiger partial charge in [-0.15, -0.1) is 0 Å². The molecule has 1 aliphatic carbocycles. The number of nitrogens with one attached hydrogen (secondary N) is 2. The van der Waals surface area contributed by atoms with Gasteiger partial charge >= 0.3 is 0 Å². The molecule has 1 aliphatic rings. The Labute approximate surface area is 122 Å². The molecule has 2 N–H and O–H groups in total. The van der Waals surface area contributed by atoms with Crippen molar-refractivity contribution in [1.82, 2.24) is 10.6 Å². The summed E-state index contributed by atoms with van der Waals surface area (Å²) in [4.78, 5) is 11.7. The third kappa shape index (κ3) is 8.19. The number of unbranched alkanes of at least 4 members (excludes halogenated alkanes) is 4. The third-order valence-electron chi connectivity index (χ3n) is 3.77. The van der Waals surface area contributed by atoms with Crippen LogP contribution in [0.1, 0.15) is 71.1 Å². The second-order valence-electron chi connectivity index (χ2n) is 5.57. The lowest BCUT2D eigenvalue weighted by Gasteiger charge is -2.11. The van der Waals surface area contributed by atoms with Gasteiger partial charge in [-0.2, -0.15) is 0 Å². The maximum absolute atomic E-state index is 11.7. The van der Waals surface area contributed by atoms with Crippen LogP contribution in [0.5, 0.6) is 0 Å². The smallest absolute Gasteiger partial charge is 0.226 e. The summed E-state index contributed by atoms with van der Waals surface area (Å²) in [5.74, 6) is 0.659. The molecule has 0 aromatic heterocycles. The van der Waals surface area contributed by atoms with Crippen molar-refractivity contribution in [2.45, 2.75) is 71.1 Å². The average Bonchev–Trinajstić information content (AvgIpc) is 2.86. The molecule has 0 bridgehead atoms. The molecule has 1 fully saturated rings. The second-order valence-corrected chi connectivity index (χ2v) is 5.98. The molecule has 110 valence electrons. The van der Waals surface area contributed by atoms with E-state index in [1.807, 2.05) is 0 Å². The molecule has 3 nitrogen and oxygen atoms in total. The van der Waals surface area contributed by atoms with E-state index in [0.29, 0.717) is 17.5 Å². The zero-order chi connectivity index (χ0) is 13.9. The van der Waals surface area contributed by atoms with E-state index >= 15 is 0 Å². The molecule has 1 amide bonds. The van der Waals surface area contributed by atoms with Gasteiger partial charge in [0.05, 0.1) is 0 Å². The van der Waals surface area contributed by atoms with Gasteiger partial charge in [0, 0.05) is 13.0 Å². The molecule has 0 heterocycles. The Morgan fingerprint density at radius 2 is 1.84 bits per heavy atom. The lowest BCUT2D eigenvalue weighted by Crippen LogP contribution is -2.40. The van der Waals surface area contributed by atoms with E-state index in [1.165, 1.54) is 51.4 Å². The van der Waals surface area contributed by atoms with E-state index < -0.39 is 0 Å². The summed E-state index contributed by atoms with van der Waals surface area (Å²) in [7, 11) is 0. The number of carbonyl (C=O) groups is 1. The molecule has 1 saturated carbocycles. The molecule has 0 saturated heterocycles. The second kappa shape index (κ2) is 10.2. The molecule has 0 unspecified atom stereocenters. The topological polar surface area (TPSA) is 41.1 Å². The molecule has 0 radical (unpaired) electrons. The van der Waals surface area contributed by atoms with Gasteiger partial charge in [-0.25, -0.2) is 0 Å². The molecule has 0 atom stereocenters. The lowest BCUT2D eigenvalue weighted by molar-refractivity contribution is -0.120. The fourth-order valence-corrected chi connectivity index (χ4v) is 2.84. The van der Waals surface area contributed by atoms with Crippen LogP contribution in [0.4, 0.5) is 0 Å². The molecule has 19 heavy (non-hydrogen) atoms. The van der Waals surface area contributed by atoms with Gasteiger partial charge in [-0.3, -0.25) is 4.79 Å². The molecule has 0 aromatic rings. The van der Waals surface area contributed by atoms with Gasteiger partial charge in [-0.1, -0.05) is 45.4 Å². The maximum Gasteiger partial charge on any atom is 0.226 e. The molecular weight excluding hydrogens is 256 g/mol. The predicted octanol–water partition coefficient (Wildman–Crippen LogP) is 3.53. The van der Waals surface area contributed by atoms with Crippen molar-refractivity contribution in [2.24, 2.45) is 5.92 Å². The van der Waals surface area contributed by atoms with Crippen molar-refractivity contribution in [3.63, 3.8) is 0 Å². The first-order valence-corrected chi connectivity index (χ1v) is 8.21. The Morgan fingerprint density at radius 3 is 2.53 bits per heavy atom. The quantitative estimate of drug-likeness (QED) is 0.529. The van der Waals surface area contributed by atoms with Crippen LogP contribution in [0.2, 0.25) is 0 Å². The zero-order valence-corrected chi connectivity index (χ0v) is 13.0. The number of rotatable bonds is 8. The average molecular weight is 284 g/mol. The van der Waals surface area contributed by atoms with Crippen LogP contribution in [-0.4, -0.2) is 17.6 Å². The Bertz CT molecular complexity index is 275. The molecule has 0 spiro atoms.